The number of nitrogens with two attached hydrogens (primary N) is 1. The van der Waals surface area contributed by atoms with Gasteiger partial charge in [-0.2, -0.15) is 0 Å². The lowest BCUT2D eigenvalue weighted by Crippen LogP contribution is -2.32. The molecule has 1 atom stereocenters. The maximum atomic E-state index is 6.34. The van der Waals surface area contributed by atoms with E-state index in [0.717, 1.165) is 5.92 Å². The van der Waals surface area contributed by atoms with Gasteiger partial charge in [-0.3, -0.25) is 0 Å². The Bertz CT molecular complexity index is 176. The van der Waals surface area contributed by atoms with E-state index in [4.69, 9.17) is 5.73 Å². The van der Waals surface area contributed by atoms with Crippen LogP contribution in [-0.2, 0) is 0 Å². The van der Waals surface area contributed by atoms with E-state index in [1.54, 1.807) is 0 Å². The first-order chi connectivity index (χ1) is 6.70. The molecule has 0 radical (unpaired) electrons. The van der Waals surface area contributed by atoms with Crippen molar-refractivity contribution >= 4 is 0 Å². The Morgan fingerprint density at radius 2 is 1.71 bits per heavy atom. The predicted molar refractivity (Wildman–Crippen MR) is 61.1 cm³/mol. The fourth-order valence-electron chi connectivity index (χ4n) is 2.89. The van der Waals surface area contributed by atoms with E-state index in [0.29, 0.717) is 11.5 Å². The predicted octanol–water partition coefficient (Wildman–Crippen LogP) is 3.47. The first-order valence-corrected chi connectivity index (χ1v) is 6.45. The van der Waals surface area contributed by atoms with Crippen molar-refractivity contribution in [2.24, 2.45) is 17.1 Å². The Balaban J connectivity index is 1.79. The summed E-state index contributed by atoms with van der Waals surface area (Å²) in [5.74, 6) is 0.843. The van der Waals surface area contributed by atoms with E-state index < -0.39 is 0 Å². The summed E-state index contributed by atoms with van der Waals surface area (Å²) in [6.07, 6.45) is 12.7. The second-order valence-electron chi connectivity index (χ2n) is 5.93. The SMILES string of the molecule is CC1(CC(N)C2CCCCCC2)CC1. The van der Waals surface area contributed by atoms with Gasteiger partial charge < -0.3 is 5.73 Å². The molecule has 2 saturated carbocycles. The van der Waals surface area contributed by atoms with Crippen molar-refractivity contribution in [3.63, 3.8) is 0 Å². The van der Waals surface area contributed by atoms with Crippen LogP contribution in [0, 0.1) is 11.3 Å². The van der Waals surface area contributed by atoms with Crippen LogP contribution in [-0.4, -0.2) is 6.04 Å². The lowest BCUT2D eigenvalue weighted by Gasteiger charge is -2.25. The van der Waals surface area contributed by atoms with Crippen molar-refractivity contribution in [3.8, 4) is 0 Å². The Hall–Kier alpha value is -0.0400. The highest BCUT2D eigenvalue weighted by Crippen LogP contribution is 2.49. The molecule has 1 nitrogen and oxygen atoms in total. The minimum atomic E-state index is 0.501. The largest absolute Gasteiger partial charge is 0.327 e. The standard InChI is InChI=1S/C13H25N/c1-13(8-9-13)10-12(14)11-6-4-2-3-5-7-11/h11-12H,2-10,14H2,1H3. The molecule has 0 spiro atoms. The Morgan fingerprint density at radius 3 is 2.21 bits per heavy atom. The van der Waals surface area contributed by atoms with Crippen LogP contribution in [0.4, 0.5) is 0 Å². The molecule has 0 aromatic rings. The molecule has 2 fully saturated rings. The molecule has 0 heterocycles. The van der Waals surface area contributed by atoms with Crippen molar-refractivity contribution in [3.05, 3.63) is 0 Å². The van der Waals surface area contributed by atoms with Crippen LogP contribution in [0.15, 0.2) is 0 Å². The second kappa shape index (κ2) is 4.22. The summed E-state index contributed by atoms with van der Waals surface area (Å²) in [7, 11) is 0. The molecule has 2 N–H and O–H groups in total. The molecular weight excluding hydrogens is 170 g/mol. The molecule has 2 aliphatic rings. The van der Waals surface area contributed by atoms with Crippen LogP contribution in [0.3, 0.4) is 0 Å². The van der Waals surface area contributed by atoms with Gasteiger partial charge in [0.15, 0.2) is 0 Å². The summed E-state index contributed by atoms with van der Waals surface area (Å²) in [5.41, 5.74) is 6.99. The van der Waals surface area contributed by atoms with Gasteiger partial charge >= 0.3 is 0 Å². The summed E-state index contributed by atoms with van der Waals surface area (Å²) in [6.45, 7) is 2.41. The third-order valence-corrected chi connectivity index (χ3v) is 4.34. The normalized spacial score (nSPS) is 29.6. The third kappa shape index (κ3) is 2.73. The molecule has 14 heavy (non-hydrogen) atoms. The van der Waals surface area contributed by atoms with Gasteiger partial charge in [0.05, 0.1) is 0 Å². The average molecular weight is 195 g/mol. The minimum Gasteiger partial charge on any atom is -0.327 e. The third-order valence-electron chi connectivity index (χ3n) is 4.34. The zero-order valence-corrected chi connectivity index (χ0v) is 9.60. The maximum Gasteiger partial charge on any atom is 0.00723 e. The van der Waals surface area contributed by atoms with Crippen molar-refractivity contribution in [1.82, 2.24) is 0 Å². The van der Waals surface area contributed by atoms with Crippen molar-refractivity contribution in [2.75, 3.05) is 0 Å². The lowest BCUT2D eigenvalue weighted by atomic mass is 9.86. The minimum absolute atomic E-state index is 0.501. The molecule has 1 heteroatoms. The zero-order chi connectivity index (χ0) is 10.0. The van der Waals surface area contributed by atoms with Crippen LogP contribution in [0.5, 0.6) is 0 Å². The molecular formula is C13H25N. The second-order valence-corrected chi connectivity index (χ2v) is 5.93. The molecule has 2 rings (SSSR count). The molecule has 0 amide bonds. The van der Waals surface area contributed by atoms with E-state index in [1.807, 2.05) is 0 Å². The topological polar surface area (TPSA) is 26.0 Å². The quantitative estimate of drug-likeness (QED) is 0.686. The van der Waals surface area contributed by atoms with E-state index >= 15 is 0 Å². The zero-order valence-electron chi connectivity index (χ0n) is 9.60. The van der Waals surface area contributed by atoms with Gasteiger partial charge in [-0.25, -0.2) is 0 Å². The van der Waals surface area contributed by atoms with Crippen molar-refractivity contribution in [2.45, 2.75) is 70.8 Å². The Labute approximate surface area is 88.4 Å². The molecule has 1 unspecified atom stereocenters. The molecule has 0 aliphatic heterocycles. The van der Waals surface area contributed by atoms with Crippen LogP contribution in [0.1, 0.15) is 64.7 Å². The number of hydrogen-bond acceptors (Lipinski definition) is 1. The number of hydrogen-bond donors (Lipinski definition) is 1. The Morgan fingerprint density at radius 1 is 1.14 bits per heavy atom. The van der Waals surface area contributed by atoms with Gasteiger partial charge in [0, 0.05) is 6.04 Å². The fraction of sp³-hybridized carbons (Fsp3) is 1.00. The summed E-state index contributed by atoms with van der Waals surface area (Å²) in [6, 6.07) is 0.501. The van der Waals surface area contributed by atoms with Crippen LogP contribution >= 0.6 is 0 Å². The highest BCUT2D eigenvalue weighted by Gasteiger charge is 2.39. The van der Waals surface area contributed by atoms with E-state index in [2.05, 4.69) is 6.92 Å². The molecule has 82 valence electrons. The maximum absolute atomic E-state index is 6.34. The smallest absolute Gasteiger partial charge is 0.00723 e. The van der Waals surface area contributed by atoms with E-state index in [-0.39, 0.29) is 0 Å². The lowest BCUT2D eigenvalue weighted by molar-refractivity contribution is 0.313. The molecule has 0 bridgehead atoms. The van der Waals surface area contributed by atoms with Gasteiger partial charge in [0.25, 0.3) is 0 Å². The Kier molecular flexibility index (Phi) is 3.16. The summed E-state index contributed by atoms with van der Waals surface area (Å²) >= 11 is 0. The average Bonchev–Trinajstić information content (AvgIpc) is 2.89. The van der Waals surface area contributed by atoms with Gasteiger partial charge in [-0.1, -0.05) is 32.6 Å². The van der Waals surface area contributed by atoms with Crippen LogP contribution < -0.4 is 5.73 Å². The summed E-state index contributed by atoms with van der Waals surface area (Å²) in [4.78, 5) is 0. The molecule has 0 saturated heterocycles. The first-order valence-electron chi connectivity index (χ1n) is 6.45. The molecule has 2 aliphatic carbocycles. The molecule has 0 aromatic heterocycles. The van der Waals surface area contributed by atoms with E-state index in [1.165, 1.54) is 57.8 Å². The summed E-state index contributed by atoms with van der Waals surface area (Å²) < 4.78 is 0. The van der Waals surface area contributed by atoms with Gasteiger partial charge in [-0.15, -0.1) is 0 Å². The molecule has 0 aromatic carbocycles. The number of rotatable bonds is 3. The monoisotopic (exact) mass is 195 g/mol. The summed E-state index contributed by atoms with van der Waals surface area (Å²) in [5, 5.41) is 0. The van der Waals surface area contributed by atoms with Gasteiger partial charge in [-0.05, 0) is 43.4 Å². The van der Waals surface area contributed by atoms with Crippen molar-refractivity contribution < 1.29 is 0 Å². The highest BCUT2D eigenvalue weighted by atomic mass is 14.7. The van der Waals surface area contributed by atoms with Crippen LogP contribution in [0.2, 0.25) is 0 Å². The van der Waals surface area contributed by atoms with Gasteiger partial charge in [0.1, 0.15) is 0 Å². The van der Waals surface area contributed by atoms with Crippen molar-refractivity contribution in [1.29, 1.82) is 0 Å². The first kappa shape index (κ1) is 10.5. The fourth-order valence-corrected chi connectivity index (χ4v) is 2.89. The highest BCUT2D eigenvalue weighted by molar-refractivity contribution is 4.93. The van der Waals surface area contributed by atoms with Crippen LogP contribution in [0.25, 0.3) is 0 Å². The van der Waals surface area contributed by atoms with Gasteiger partial charge in [0.2, 0.25) is 0 Å². The van der Waals surface area contributed by atoms with E-state index in [9.17, 15) is 0 Å².